The molecule has 2 nitrogen and oxygen atoms in total. The highest BCUT2D eigenvalue weighted by atomic mass is 32.2. The summed E-state index contributed by atoms with van der Waals surface area (Å²) >= 11 is 1.83. The SMILES string of the molecule is CCSc1cc(C)nc2ccc(N)cc12. The molecule has 0 aliphatic heterocycles. The van der Waals surface area contributed by atoms with Crippen LogP contribution in [0, 0.1) is 6.92 Å². The van der Waals surface area contributed by atoms with Gasteiger partial charge in [0, 0.05) is 21.7 Å². The number of nitrogens with zero attached hydrogens (tertiary/aromatic N) is 1. The third-order valence-corrected chi connectivity index (χ3v) is 3.16. The molecule has 0 spiro atoms. The molecule has 0 amide bonds. The van der Waals surface area contributed by atoms with E-state index >= 15 is 0 Å². The van der Waals surface area contributed by atoms with Crippen LogP contribution in [0.1, 0.15) is 12.6 Å². The molecule has 0 fully saturated rings. The summed E-state index contributed by atoms with van der Waals surface area (Å²) in [6.07, 6.45) is 0. The van der Waals surface area contributed by atoms with Crippen LogP contribution in [0.15, 0.2) is 29.2 Å². The van der Waals surface area contributed by atoms with E-state index in [4.69, 9.17) is 5.73 Å². The van der Waals surface area contributed by atoms with Gasteiger partial charge in [0.25, 0.3) is 0 Å². The molecule has 0 saturated carbocycles. The second-order valence-corrected chi connectivity index (χ2v) is 4.78. The van der Waals surface area contributed by atoms with E-state index in [0.717, 1.165) is 28.0 Å². The first-order chi connectivity index (χ1) is 7.20. The van der Waals surface area contributed by atoms with Crippen molar-refractivity contribution in [2.75, 3.05) is 11.5 Å². The van der Waals surface area contributed by atoms with Crippen molar-refractivity contribution in [1.29, 1.82) is 0 Å². The van der Waals surface area contributed by atoms with E-state index in [1.807, 2.05) is 36.9 Å². The van der Waals surface area contributed by atoms with Gasteiger partial charge < -0.3 is 5.73 Å². The zero-order valence-corrected chi connectivity index (χ0v) is 9.77. The van der Waals surface area contributed by atoms with Gasteiger partial charge in [-0.1, -0.05) is 6.92 Å². The second kappa shape index (κ2) is 4.11. The van der Waals surface area contributed by atoms with E-state index in [0.29, 0.717) is 0 Å². The average Bonchev–Trinajstić information content (AvgIpc) is 2.19. The second-order valence-electron chi connectivity index (χ2n) is 3.47. The molecule has 3 heteroatoms. The van der Waals surface area contributed by atoms with Crippen molar-refractivity contribution in [3.05, 3.63) is 30.0 Å². The average molecular weight is 218 g/mol. The normalized spacial score (nSPS) is 10.8. The Labute approximate surface area is 93.9 Å². The molecule has 1 heterocycles. The number of aromatic nitrogens is 1. The summed E-state index contributed by atoms with van der Waals surface area (Å²) in [7, 11) is 0. The van der Waals surface area contributed by atoms with Crippen molar-refractivity contribution in [2.45, 2.75) is 18.7 Å². The molecule has 0 saturated heterocycles. The molecule has 78 valence electrons. The first kappa shape index (κ1) is 10.3. The summed E-state index contributed by atoms with van der Waals surface area (Å²) in [6, 6.07) is 8.00. The number of pyridine rings is 1. The standard InChI is InChI=1S/C12H14N2S/c1-3-15-12-6-8(2)14-11-5-4-9(13)7-10(11)12/h4-7H,3,13H2,1-2H3. The van der Waals surface area contributed by atoms with Crippen LogP contribution in [-0.2, 0) is 0 Å². The highest BCUT2D eigenvalue weighted by Crippen LogP contribution is 2.28. The van der Waals surface area contributed by atoms with E-state index < -0.39 is 0 Å². The van der Waals surface area contributed by atoms with Gasteiger partial charge in [-0.25, -0.2) is 0 Å². The van der Waals surface area contributed by atoms with Crippen molar-refractivity contribution in [3.63, 3.8) is 0 Å². The maximum absolute atomic E-state index is 5.79. The van der Waals surface area contributed by atoms with Crippen LogP contribution in [0.4, 0.5) is 5.69 Å². The van der Waals surface area contributed by atoms with Gasteiger partial charge in [-0.15, -0.1) is 11.8 Å². The number of hydrogen-bond donors (Lipinski definition) is 1. The zero-order chi connectivity index (χ0) is 10.8. The van der Waals surface area contributed by atoms with Gasteiger partial charge in [-0.05, 0) is 36.9 Å². The predicted molar refractivity (Wildman–Crippen MR) is 67.3 cm³/mol. The lowest BCUT2D eigenvalue weighted by Crippen LogP contribution is -1.90. The fourth-order valence-corrected chi connectivity index (χ4v) is 2.50. The summed E-state index contributed by atoms with van der Waals surface area (Å²) in [6.45, 7) is 4.17. The lowest BCUT2D eigenvalue weighted by molar-refractivity contribution is 1.22. The Balaban J connectivity index is 2.70. The summed E-state index contributed by atoms with van der Waals surface area (Å²) < 4.78 is 0. The summed E-state index contributed by atoms with van der Waals surface area (Å²) in [5.41, 5.74) is 8.67. The third-order valence-electron chi connectivity index (χ3n) is 2.22. The Bertz CT molecular complexity index is 494. The van der Waals surface area contributed by atoms with Crippen molar-refractivity contribution in [2.24, 2.45) is 0 Å². The van der Waals surface area contributed by atoms with Gasteiger partial charge in [0.05, 0.1) is 5.52 Å². The van der Waals surface area contributed by atoms with Gasteiger partial charge in [-0.2, -0.15) is 0 Å². The molecule has 0 unspecified atom stereocenters. The minimum absolute atomic E-state index is 0.797. The summed E-state index contributed by atoms with van der Waals surface area (Å²) in [5.74, 6) is 1.06. The van der Waals surface area contributed by atoms with Crippen LogP contribution in [-0.4, -0.2) is 10.7 Å². The largest absolute Gasteiger partial charge is 0.399 e. The lowest BCUT2D eigenvalue weighted by atomic mass is 10.2. The maximum atomic E-state index is 5.79. The van der Waals surface area contributed by atoms with Crippen molar-refractivity contribution >= 4 is 28.4 Å². The molecule has 1 aromatic carbocycles. The molecule has 0 atom stereocenters. The Morgan fingerprint density at radius 1 is 1.33 bits per heavy atom. The van der Waals surface area contributed by atoms with E-state index in [1.54, 1.807) is 0 Å². The van der Waals surface area contributed by atoms with Gasteiger partial charge in [0.2, 0.25) is 0 Å². The fraction of sp³-hybridized carbons (Fsp3) is 0.250. The van der Waals surface area contributed by atoms with Crippen LogP contribution in [0.25, 0.3) is 10.9 Å². The number of aryl methyl sites for hydroxylation is 1. The van der Waals surface area contributed by atoms with Gasteiger partial charge >= 0.3 is 0 Å². The topological polar surface area (TPSA) is 38.9 Å². The maximum Gasteiger partial charge on any atom is 0.0717 e. The molecule has 0 bridgehead atoms. The third kappa shape index (κ3) is 2.07. The monoisotopic (exact) mass is 218 g/mol. The minimum atomic E-state index is 0.797. The van der Waals surface area contributed by atoms with Crippen LogP contribution in [0.5, 0.6) is 0 Å². The molecule has 2 N–H and O–H groups in total. The lowest BCUT2D eigenvalue weighted by Gasteiger charge is -2.06. The number of hydrogen-bond acceptors (Lipinski definition) is 3. The molecule has 2 aromatic rings. The Morgan fingerprint density at radius 2 is 2.13 bits per heavy atom. The van der Waals surface area contributed by atoms with E-state index in [9.17, 15) is 0 Å². The number of rotatable bonds is 2. The highest BCUT2D eigenvalue weighted by Gasteiger charge is 2.04. The number of anilines is 1. The molecule has 0 aliphatic carbocycles. The van der Waals surface area contributed by atoms with E-state index in [1.165, 1.54) is 4.90 Å². The molecular weight excluding hydrogens is 204 g/mol. The van der Waals surface area contributed by atoms with Gasteiger partial charge in [-0.3, -0.25) is 4.98 Å². The van der Waals surface area contributed by atoms with Crippen LogP contribution in [0.2, 0.25) is 0 Å². The van der Waals surface area contributed by atoms with Gasteiger partial charge in [0.15, 0.2) is 0 Å². The Kier molecular flexibility index (Phi) is 2.82. The Morgan fingerprint density at radius 3 is 2.87 bits per heavy atom. The highest BCUT2D eigenvalue weighted by molar-refractivity contribution is 7.99. The molecular formula is C12H14N2S. The van der Waals surface area contributed by atoms with Crippen molar-refractivity contribution in [1.82, 2.24) is 4.98 Å². The molecule has 2 rings (SSSR count). The first-order valence-electron chi connectivity index (χ1n) is 5.00. The fourth-order valence-electron chi connectivity index (χ4n) is 1.61. The number of nitrogens with two attached hydrogens (primary N) is 1. The zero-order valence-electron chi connectivity index (χ0n) is 8.95. The molecule has 15 heavy (non-hydrogen) atoms. The van der Waals surface area contributed by atoms with Crippen LogP contribution < -0.4 is 5.73 Å². The van der Waals surface area contributed by atoms with Crippen molar-refractivity contribution < 1.29 is 0 Å². The quantitative estimate of drug-likeness (QED) is 0.621. The number of benzene rings is 1. The van der Waals surface area contributed by atoms with Gasteiger partial charge in [0.1, 0.15) is 0 Å². The van der Waals surface area contributed by atoms with Crippen LogP contribution in [0.3, 0.4) is 0 Å². The first-order valence-corrected chi connectivity index (χ1v) is 5.99. The smallest absolute Gasteiger partial charge is 0.0717 e. The molecule has 0 radical (unpaired) electrons. The molecule has 1 aromatic heterocycles. The number of thioether (sulfide) groups is 1. The summed E-state index contributed by atoms with van der Waals surface area (Å²) in [5, 5.41) is 1.16. The minimum Gasteiger partial charge on any atom is -0.399 e. The van der Waals surface area contributed by atoms with Crippen molar-refractivity contribution in [3.8, 4) is 0 Å². The number of fused-ring (bicyclic) bond motifs is 1. The Hall–Kier alpha value is -1.22. The van der Waals surface area contributed by atoms with Crippen LogP contribution >= 0.6 is 11.8 Å². The predicted octanol–water partition coefficient (Wildman–Crippen LogP) is 3.24. The summed E-state index contributed by atoms with van der Waals surface area (Å²) in [4.78, 5) is 5.76. The van der Waals surface area contributed by atoms with E-state index in [2.05, 4.69) is 18.0 Å². The molecule has 0 aliphatic rings. The number of nitrogen functional groups attached to an aromatic ring is 1. The van der Waals surface area contributed by atoms with E-state index in [-0.39, 0.29) is 0 Å².